The SMILES string of the molecule is CCNC(=O)C(C)(C)CN=C(NCC)NCC(C)(O)c1ccco1. The van der Waals surface area contributed by atoms with E-state index in [1.165, 1.54) is 6.26 Å². The molecule has 1 aromatic rings. The highest BCUT2D eigenvalue weighted by molar-refractivity contribution is 5.83. The van der Waals surface area contributed by atoms with Crippen molar-refractivity contribution in [2.24, 2.45) is 10.4 Å². The molecular weight excluding hydrogens is 308 g/mol. The first-order chi connectivity index (χ1) is 11.2. The Kier molecular flexibility index (Phi) is 7.28. The maximum Gasteiger partial charge on any atom is 0.227 e. The van der Waals surface area contributed by atoms with Crippen LogP contribution in [0.3, 0.4) is 0 Å². The summed E-state index contributed by atoms with van der Waals surface area (Å²) in [7, 11) is 0. The lowest BCUT2D eigenvalue weighted by Gasteiger charge is -2.24. The van der Waals surface area contributed by atoms with Crippen molar-refractivity contribution in [3.8, 4) is 0 Å². The predicted molar refractivity (Wildman–Crippen MR) is 94.7 cm³/mol. The summed E-state index contributed by atoms with van der Waals surface area (Å²) in [6.07, 6.45) is 1.53. The number of hydrogen-bond donors (Lipinski definition) is 4. The summed E-state index contributed by atoms with van der Waals surface area (Å²) in [5, 5.41) is 19.5. The summed E-state index contributed by atoms with van der Waals surface area (Å²) in [6.45, 7) is 11.0. The zero-order valence-electron chi connectivity index (χ0n) is 15.3. The van der Waals surface area contributed by atoms with E-state index < -0.39 is 11.0 Å². The van der Waals surface area contributed by atoms with Crippen molar-refractivity contribution in [1.82, 2.24) is 16.0 Å². The van der Waals surface area contributed by atoms with Crippen LogP contribution in [-0.4, -0.2) is 43.2 Å². The van der Waals surface area contributed by atoms with E-state index in [0.29, 0.717) is 31.4 Å². The lowest BCUT2D eigenvalue weighted by Crippen LogP contribution is -2.45. The summed E-state index contributed by atoms with van der Waals surface area (Å²) < 4.78 is 5.26. The number of aliphatic imine (C=N–C) groups is 1. The third-order valence-corrected chi connectivity index (χ3v) is 3.58. The van der Waals surface area contributed by atoms with Gasteiger partial charge in [-0.15, -0.1) is 0 Å². The van der Waals surface area contributed by atoms with Crippen LogP contribution in [0.1, 0.15) is 40.4 Å². The van der Waals surface area contributed by atoms with Crippen LogP contribution in [0.4, 0.5) is 0 Å². The van der Waals surface area contributed by atoms with E-state index in [0.717, 1.165) is 0 Å². The monoisotopic (exact) mass is 338 g/mol. The molecule has 0 bridgehead atoms. The summed E-state index contributed by atoms with van der Waals surface area (Å²) in [4.78, 5) is 16.5. The fraction of sp³-hybridized carbons (Fsp3) is 0.647. The molecular formula is C17H30N4O3. The van der Waals surface area contributed by atoms with Gasteiger partial charge in [-0.25, -0.2) is 0 Å². The van der Waals surface area contributed by atoms with Gasteiger partial charge in [0.05, 0.1) is 24.8 Å². The molecule has 0 radical (unpaired) electrons. The van der Waals surface area contributed by atoms with Crippen LogP contribution in [0, 0.1) is 5.41 Å². The van der Waals surface area contributed by atoms with Gasteiger partial charge in [-0.1, -0.05) is 0 Å². The third kappa shape index (κ3) is 5.88. The number of nitrogens with one attached hydrogen (secondary N) is 3. The Bertz CT molecular complexity index is 536. The number of carbonyl (C=O) groups is 1. The van der Waals surface area contributed by atoms with Gasteiger partial charge < -0.3 is 25.5 Å². The first-order valence-electron chi connectivity index (χ1n) is 8.29. The van der Waals surface area contributed by atoms with Crippen molar-refractivity contribution >= 4 is 11.9 Å². The summed E-state index contributed by atoms with van der Waals surface area (Å²) in [5.41, 5.74) is -1.77. The number of guanidine groups is 1. The maximum atomic E-state index is 12.0. The number of nitrogens with zero attached hydrogens (tertiary/aromatic N) is 1. The molecule has 1 aromatic heterocycles. The molecule has 1 atom stereocenters. The van der Waals surface area contributed by atoms with Gasteiger partial charge in [0.15, 0.2) is 5.96 Å². The van der Waals surface area contributed by atoms with E-state index in [1.54, 1.807) is 19.1 Å². The number of rotatable bonds is 8. The standard InChI is InChI=1S/C17H30N4O3/c1-6-18-14(22)16(3,4)11-20-15(19-7-2)21-12-17(5,23)13-9-8-10-24-13/h8-10,23H,6-7,11-12H2,1-5H3,(H,18,22)(H2,19,20,21). The van der Waals surface area contributed by atoms with Crippen molar-refractivity contribution in [2.75, 3.05) is 26.2 Å². The smallest absolute Gasteiger partial charge is 0.227 e. The Morgan fingerprint density at radius 3 is 2.42 bits per heavy atom. The van der Waals surface area contributed by atoms with E-state index in [1.807, 2.05) is 27.7 Å². The highest BCUT2D eigenvalue weighted by Gasteiger charge is 2.28. The minimum absolute atomic E-state index is 0.0350. The molecule has 136 valence electrons. The average Bonchev–Trinajstić information content (AvgIpc) is 3.05. The minimum Gasteiger partial charge on any atom is -0.466 e. The second kappa shape index (κ2) is 8.73. The molecule has 24 heavy (non-hydrogen) atoms. The average molecular weight is 338 g/mol. The molecule has 1 unspecified atom stereocenters. The Labute approximate surface area is 143 Å². The second-order valence-corrected chi connectivity index (χ2v) is 6.54. The lowest BCUT2D eigenvalue weighted by atomic mass is 9.92. The number of hydrogen-bond acceptors (Lipinski definition) is 4. The first-order valence-corrected chi connectivity index (χ1v) is 8.29. The summed E-state index contributed by atoms with van der Waals surface area (Å²) >= 11 is 0. The number of aliphatic hydroxyl groups is 1. The fourth-order valence-electron chi connectivity index (χ4n) is 2.02. The molecule has 1 rings (SSSR count). The molecule has 7 heteroatoms. The minimum atomic E-state index is -1.16. The fourth-order valence-corrected chi connectivity index (χ4v) is 2.02. The van der Waals surface area contributed by atoms with E-state index in [2.05, 4.69) is 20.9 Å². The number of amides is 1. The topological polar surface area (TPSA) is 98.9 Å². The van der Waals surface area contributed by atoms with Crippen molar-refractivity contribution in [3.05, 3.63) is 24.2 Å². The van der Waals surface area contributed by atoms with Crippen molar-refractivity contribution < 1.29 is 14.3 Å². The molecule has 0 aromatic carbocycles. The molecule has 1 amide bonds. The Morgan fingerprint density at radius 2 is 1.88 bits per heavy atom. The molecule has 0 aliphatic heterocycles. The Balaban J connectivity index is 2.71. The Morgan fingerprint density at radius 1 is 1.21 bits per heavy atom. The van der Waals surface area contributed by atoms with Crippen LogP contribution < -0.4 is 16.0 Å². The van der Waals surface area contributed by atoms with E-state index in [-0.39, 0.29) is 12.5 Å². The quantitative estimate of drug-likeness (QED) is 0.422. The number of carbonyl (C=O) groups excluding carboxylic acids is 1. The molecule has 1 heterocycles. The van der Waals surface area contributed by atoms with Gasteiger partial charge in [-0.2, -0.15) is 0 Å². The highest BCUT2D eigenvalue weighted by Crippen LogP contribution is 2.20. The largest absolute Gasteiger partial charge is 0.466 e. The normalized spacial score (nSPS) is 14.8. The van der Waals surface area contributed by atoms with Gasteiger partial charge >= 0.3 is 0 Å². The lowest BCUT2D eigenvalue weighted by molar-refractivity contribution is -0.128. The zero-order chi connectivity index (χ0) is 18.2. The van der Waals surface area contributed by atoms with Crippen LogP contribution in [0.15, 0.2) is 27.8 Å². The van der Waals surface area contributed by atoms with Gasteiger partial charge in [-0.3, -0.25) is 9.79 Å². The van der Waals surface area contributed by atoms with Crippen molar-refractivity contribution in [1.29, 1.82) is 0 Å². The first kappa shape index (κ1) is 20.0. The van der Waals surface area contributed by atoms with Gasteiger partial charge in [0.25, 0.3) is 0 Å². The molecule has 0 saturated carbocycles. The molecule has 0 fully saturated rings. The van der Waals surface area contributed by atoms with Gasteiger partial charge in [0.1, 0.15) is 11.4 Å². The van der Waals surface area contributed by atoms with Crippen LogP contribution in [0.2, 0.25) is 0 Å². The molecule has 0 aliphatic carbocycles. The van der Waals surface area contributed by atoms with Crippen LogP contribution in [-0.2, 0) is 10.4 Å². The van der Waals surface area contributed by atoms with E-state index in [9.17, 15) is 9.90 Å². The third-order valence-electron chi connectivity index (χ3n) is 3.58. The van der Waals surface area contributed by atoms with Gasteiger partial charge in [-0.05, 0) is 46.8 Å². The molecule has 0 saturated heterocycles. The Hall–Kier alpha value is -2.02. The second-order valence-electron chi connectivity index (χ2n) is 6.54. The van der Waals surface area contributed by atoms with Gasteiger partial charge in [0.2, 0.25) is 5.91 Å². The molecule has 0 spiro atoms. The summed E-state index contributed by atoms with van der Waals surface area (Å²) in [5.74, 6) is 0.988. The highest BCUT2D eigenvalue weighted by atomic mass is 16.4. The van der Waals surface area contributed by atoms with Gasteiger partial charge in [0, 0.05) is 13.1 Å². The molecule has 7 nitrogen and oxygen atoms in total. The predicted octanol–water partition coefficient (Wildman–Crippen LogP) is 1.20. The van der Waals surface area contributed by atoms with Crippen molar-refractivity contribution in [2.45, 2.75) is 40.2 Å². The van der Waals surface area contributed by atoms with E-state index in [4.69, 9.17) is 4.42 Å². The van der Waals surface area contributed by atoms with E-state index >= 15 is 0 Å². The van der Waals surface area contributed by atoms with Crippen molar-refractivity contribution in [3.63, 3.8) is 0 Å². The maximum absolute atomic E-state index is 12.0. The van der Waals surface area contributed by atoms with Crippen LogP contribution in [0.5, 0.6) is 0 Å². The van der Waals surface area contributed by atoms with Crippen LogP contribution >= 0.6 is 0 Å². The number of furan rings is 1. The zero-order valence-corrected chi connectivity index (χ0v) is 15.3. The summed E-state index contributed by atoms with van der Waals surface area (Å²) in [6, 6.07) is 3.46. The van der Waals surface area contributed by atoms with Crippen LogP contribution in [0.25, 0.3) is 0 Å². The molecule has 0 aliphatic rings. The molecule has 4 N–H and O–H groups in total.